The third-order valence-electron chi connectivity index (χ3n) is 2.88. The van der Waals surface area contributed by atoms with Crippen LogP contribution >= 0.6 is 23.2 Å². The highest BCUT2D eigenvalue weighted by molar-refractivity contribution is 6.35. The molecule has 3 N–H and O–H groups in total. The first-order valence-corrected chi connectivity index (χ1v) is 6.53. The molecule has 6 heteroatoms. The number of nitrogens with zero attached hydrogens (tertiary/aromatic N) is 1. The number of benzene rings is 1. The number of nitrogens with one attached hydrogen (secondary N) is 1. The predicted octanol–water partition coefficient (Wildman–Crippen LogP) is 1.96. The molecule has 1 fully saturated rings. The van der Waals surface area contributed by atoms with Gasteiger partial charge in [0.1, 0.15) is 0 Å². The van der Waals surface area contributed by atoms with E-state index in [9.17, 15) is 4.79 Å². The Hall–Kier alpha value is -0.970. The van der Waals surface area contributed by atoms with Crippen LogP contribution in [0, 0.1) is 0 Å². The van der Waals surface area contributed by atoms with Gasteiger partial charge in [-0.05, 0) is 24.6 Å². The minimum absolute atomic E-state index is 0.0408. The third kappa shape index (κ3) is 3.51. The molecule has 1 aliphatic heterocycles. The van der Waals surface area contributed by atoms with Crippen LogP contribution in [-0.2, 0) is 4.79 Å². The van der Waals surface area contributed by atoms with E-state index in [1.165, 1.54) is 0 Å². The SMILES string of the molecule is N[C@@H]1CCN(C(=O)CNc2cc(Cl)cc(Cl)c2)C1. The van der Waals surface area contributed by atoms with Gasteiger partial charge in [0, 0.05) is 34.9 Å². The zero-order valence-corrected chi connectivity index (χ0v) is 11.3. The van der Waals surface area contributed by atoms with Gasteiger partial charge in [0.15, 0.2) is 0 Å². The van der Waals surface area contributed by atoms with Crippen molar-refractivity contribution in [3.63, 3.8) is 0 Å². The molecule has 2 rings (SSSR count). The lowest BCUT2D eigenvalue weighted by Gasteiger charge is -2.16. The molecule has 1 amide bonds. The van der Waals surface area contributed by atoms with Gasteiger partial charge in [-0.2, -0.15) is 0 Å². The summed E-state index contributed by atoms with van der Waals surface area (Å²) >= 11 is 11.8. The van der Waals surface area contributed by atoms with Crippen molar-refractivity contribution < 1.29 is 4.79 Å². The van der Waals surface area contributed by atoms with Crippen LogP contribution in [0.3, 0.4) is 0 Å². The summed E-state index contributed by atoms with van der Waals surface area (Å²) in [6.07, 6.45) is 0.870. The van der Waals surface area contributed by atoms with Crippen LogP contribution in [0.2, 0.25) is 10.0 Å². The minimum Gasteiger partial charge on any atom is -0.376 e. The zero-order chi connectivity index (χ0) is 13.1. The molecule has 1 atom stereocenters. The summed E-state index contributed by atoms with van der Waals surface area (Å²) in [5.74, 6) is 0.0408. The lowest BCUT2D eigenvalue weighted by Crippen LogP contribution is -2.35. The number of likely N-dealkylation sites (tertiary alicyclic amines) is 1. The molecule has 98 valence electrons. The lowest BCUT2D eigenvalue weighted by atomic mass is 10.3. The van der Waals surface area contributed by atoms with Crippen molar-refractivity contribution in [2.45, 2.75) is 12.5 Å². The second-order valence-electron chi connectivity index (χ2n) is 4.40. The third-order valence-corrected chi connectivity index (χ3v) is 3.32. The second kappa shape index (κ2) is 5.78. The lowest BCUT2D eigenvalue weighted by molar-refractivity contribution is -0.128. The van der Waals surface area contributed by atoms with Crippen LogP contribution in [0.15, 0.2) is 18.2 Å². The second-order valence-corrected chi connectivity index (χ2v) is 5.27. The minimum atomic E-state index is 0.0408. The summed E-state index contributed by atoms with van der Waals surface area (Å²) in [5, 5.41) is 4.10. The molecule has 0 aliphatic carbocycles. The standard InChI is InChI=1S/C12H15Cl2N3O/c13-8-3-9(14)5-11(4-8)16-6-12(18)17-2-1-10(15)7-17/h3-5,10,16H,1-2,6-7,15H2/t10-/m1/s1. The number of halogens is 2. The highest BCUT2D eigenvalue weighted by Crippen LogP contribution is 2.22. The van der Waals surface area contributed by atoms with Crippen molar-refractivity contribution in [3.8, 4) is 0 Å². The van der Waals surface area contributed by atoms with E-state index in [0.29, 0.717) is 16.6 Å². The van der Waals surface area contributed by atoms with Crippen LogP contribution in [0.5, 0.6) is 0 Å². The number of carbonyl (C=O) groups is 1. The first kappa shape index (κ1) is 13.5. The summed E-state index contributed by atoms with van der Waals surface area (Å²) in [7, 11) is 0. The maximum absolute atomic E-state index is 11.9. The first-order valence-electron chi connectivity index (χ1n) is 5.78. The maximum Gasteiger partial charge on any atom is 0.241 e. The van der Waals surface area contributed by atoms with E-state index in [-0.39, 0.29) is 18.5 Å². The Morgan fingerprint density at radius 2 is 2.06 bits per heavy atom. The number of nitrogens with two attached hydrogens (primary N) is 1. The fraction of sp³-hybridized carbons (Fsp3) is 0.417. The molecule has 1 aromatic carbocycles. The van der Waals surface area contributed by atoms with Crippen molar-refractivity contribution >= 4 is 34.8 Å². The Labute approximate surface area is 116 Å². The molecule has 4 nitrogen and oxygen atoms in total. The Morgan fingerprint density at radius 1 is 1.39 bits per heavy atom. The van der Waals surface area contributed by atoms with Crippen molar-refractivity contribution in [3.05, 3.63) is 28.2 Å². The van der Waals surface area contributed by atoms with E-state index < -0.39 is 0 Å². The predicted molar refractivity (Wildman–Crippen MR) is 74.1 cm³/mol. The summed E-state index contributed by atoms with van der Waals surface area (Å²) in [4.78, 5) is 13.6. The van der Waals surface area contributed by atoms with Gasteiger partial charge in [-0.3, -0.25) is 4.79 Å². The number of amides is 1. The molecule has 1 aromatic rings. The number of carbonyl (C=O) groups excluding carboxylic acids is 1. The van der Waals surface area contributed by atoms with Gasteiger partial charge in [0.05, 0.1) is 6.54 Å². The number of anilines is 1. The van der Waals surface area contributed by atoms with Gasteiger partial charge in [0.2, 0.25) is 5.91 Å². The van der Waals surface area contributed by atoms with Crippen molar-refractivity contribution in [2.75, 3.05) is 25.0 Å². The van der Waals surface area contributed by atoms with E-state index in [1.807, 2.05) is 0 Å². The molecular weight excluding hydrogens is 273 g/mol. The quantitative estimate of drug-likeness (QED) is 0.894. The van der Waals surface area contributed by atoms with Crippen LogP contribution in [0.1, 0.15) is 6.42 Å². The highest BCUT2D eigenvalue weighted by atomic mass is 35.5. The average Bonchev–Trinajstić information content (AvgIpc) is 2.71. The fourth-order valence-electron chi connectivity index (χ4n) is 1.96. The van der Waals surface area contributed by atoms with E-state index >= 15 is 0 Å². The van der Waals surface area contributed by atoms with Gasteiger partial charge in [-0.25, -0.2) is 0 Å². The van der Waals surface area contributed by atoms with Crippen LogP contribution < -0.4 is 11.1 Å². The topological polar surface area (TPSA) is 58.4 Å². The van der Waals surface area contributed by atoms with Gasteiger partial charge < -0.3 is 16.0 Å². The Bertz CT molecular complexity index is 433. The number of rotatable bonds is 3. The van der Waals surface area contributed by atoms with Gasteiger partial charge in [-0.15, -0.1) is 0 Å². The Morgan fingerprint density at radius 3 is 2.61 bits per heavy atom. The molecule has 0 aromatic heterocycles. The molecule has 1 heterocycles. The van der Waals surface area contributed by atoms with Crippen LogP contribution in [0.4, 0.5) is 5.69 Å². The monoisotopic (exact) mass is 287 g/mol. The van der Waals surface area contributed by atoms with Gasteiger partial charge in [-0.1, -0.05) is 23.2 Å². The molecule has 0 saturated carbocycles. The first-order chi connectivity index (χ1) is 8.54. The number of hydrogen-bond acceptors (Lipinski definition) is 3. The summed E-state index contributed by atoms with van der Waals surface area (Å²) in [6.45, 7) is 1.60. The maximum atomic E-state index is 11.9. The normalized spacial score (nSPS) is 19.1. The number of hydrogen-bond donors (Lipinski definition) is 2. The summed E-state index contributed by atoms with van der Waals surface area (Å²) in [6, 6.07) is 5.22. The smallest absolute Gasteiger partial charge is 0.241 e. The molecule has 1 saturated heterocycles. The zero-order valence-electron chi connectivity index (χ0n) is 9.83. The van der Waals surface area contributed by atoms with E-state index in [0.717, 1.165) is 18.7 Å². The average molecular weight is 288 g/mol. The summed E-state index contributed by atoms with van der Waals surface area (Å²) in [5.41, 5.74) is 6.50. The molecule has 0 spiro atoms. The molecular formula is C12H15Cl2N3O. The van der Waals surface area contributed by atoms with Crippen molar-refractivity contribution in [1.29, 1.82) is 0 Å². The van der Waals surface area contributed by atoms with E-state index in [4.69, 9.17) is 28.9 Å². The molecule has 1 aliphatic rings. The van der Waals surface area contributed by atoms with E-state index in [1.54, 1.807) is 23.1 Å². The largest absolute Gasteiger partial charge is 0.376 e. The van der Waals surface area contributed by atoms with E-state index in [2.05, 4.69) is 5.32 Å². The Balaban J connectivity index is 1.89. The van der Waals surface area contributed by atoms with Crippen molar-refractivity contribution in [1.82, 2.24) is 4.90 Å². The molecule has 0 unspecified atom stereocenters. The molecule has 0 radical (unpaired) electrons. The molecule has 18 heavy (non-hydrogen) atoms. The Kier molecular flexibility index (Phi) is 4.32. The van der Waals surface area contributed by atoms with Crippen LogP contribution in [-0.4, -0.2) is 36.5 Å². The fourth-order valence-corrected chi connectivity index (χ4v) is 2.49. The molecule has 0 bridgehead atoms. The van der Waals surface area contributed by atoms with Crippen molar-refractivity contribution in [2.24, 2.45) is 5.73 Å². The van der Waals surface area contributed by atoms with Gasteiger partial charge >= 0.3 is 0 Å². The van der Waals surface area contributed by atoms with Crippen LogP contribution in [0.25, 0.3) is 0 Å². The summed E-state index contributed by atoms with van der Waals surface area (Å²) < 4.78 is 0. The highest BCUT2D eigenvalue weighted by Gasteiger charge is 2.22. The van der Waals surface area contributed by atoms with Gasteiger partial charge in [0.25, 0.3) is 0 Å².